The summed E-state index contributed by atoms with van der Waals surface area (Å²) in [7, 11) is 0. The summed E-state index contributed by atoms with van der Waals surface area (Å²) in [5.74, 6) is 0.535. The van der Waals surface area contributed by atoms with Crippen LogP contribution >= 0.6 is 0 Å². The molecule has 0 unspecified atom stereocenters. The Morgan fingerprint density at radius 2 is 1.68 bits per heavy atom. The number of aryl methyl sites for hydroxylation is 4. The average Bonchev–Trinajstić information content (AvgIpc) is 2.96. The molecule has 146 valence electrons. The van der Waals surface area contributed by atoms with Gasteiger partial charge in [-0.1, -0.05) is 64.4 Å². The van der Waals surface area contributed by atoms with Gasteiger partial charge in [0.25, 0.3) is 0 Å². The average molecular weight is 373 g/mol. The van der Waals surface area contributed by atoms with Gasteiger partial charge in [0.2, 0.25) is 0 Å². The zero-order valence-electron chi connectivity index (χ0n) is 18.6. The molecular formula is C26H32N2. The number of imidazole rings is 1. The van der Waals surface area contributed by atoms with Crippen molar-refractivity contribution in [3.8, 4) is 0 Å². The van der Waals surface area contributed by atoms with Crippen LogP contribution in [0.5, 0.6) is 0 Å². The fourth-order valence-electron chi connectivity index (χ4n) is 4.52. The molecule has 0 N–H and O–H groups in total. The smallest absolute Gasteiger partial charge is 0.145 e. The number of rotatable bonds is 3. The van der Waals surface area contributed by atoms with E-state index < -0.39 is 0 Å². The topological polar surface area (TPSA) is 17.3 Å². The second-order valence-corrected chi connectivity index (χ2v) is 9.29. The first-order valence-corrected chi connectivity index (χ1v) is 10.5. The minimum Gasteiger partial charge on any atom is -0.296 e. The van der Waals surface area contributed by atoms with Gasteiger partial charge in [0, 0.05) is 16.5 Å². The highest BCUT2D eigenvalue weighted by Gasteiger charge is 2.29. The van der Waals surface area contributed by atoms with Crippen molar-refractivity contribution in [1.29, 1.82) is 0 Å². The first kappa shape index (κ1) is 19.0. The molecule has 0 saturated heterocycles. The third-order valence-electron chi connectivity index (χ3n) is 6.84. The van der Waals surface area contributed by atoms with E-state index >= 15 is 0 Å². The Bertz CT molecular complexity index is 1220. The van der Waals surface area contributed by atoms with Crippen LogP contribution in [-0.4, -0.2) is 9.38 Å². The van der Waals surface area contributed by atoms with Gasteiger partial charge in [0.15, 0.2) is 0 Å². The molecule has 0 aliphatic heterocycles. The van der Waals surface area contributed by atoms with Gasteiger partial charge in [-0.05, 0) is 61.1 Å². The van der Waals surface area contributed by atoms with Gasteiger partial charge in [-0.15, -0.1) is 0 Å². The minimum atomic E-state index is 0.0648. The van der Waals surface area contributed by atoms with Gasteiger partial charge in [-0.2, -0.15) is 0 Å². The Labute approximate surface area is 168 Å². The van der Waals surface area contributed by atoms with E-state index in [2.05, 4.69) is 90.1 Å². The van der Waals surface area contributed by atoms with E-state index in [1.807, 2.05) is 0 Å². The molecule has 0 radical (unpaired) electrons. The molecule has 28 heavy (non-hydrogen) atoms. The molecule has 0 fully saturated rings. The van der Waals surface area contributed by atoms with Crippen molar-refractivity contribution in [2.75, 3.05) is 0 Å². The van der Waals surface area contributed by atoms with Gasteiger partial charge < -0.3 is 0 Å². The van der Waals surface area contributed by atoms with E-state index in [9.17, 15) is 0 Å². The molecule has 0 amide bonds. The minimum absolute atomic E-state index is 0.0648. The summed E-state index contributed by atoms with van der Waals surface area (Å²) in [6, 6.07) is 11.6. The fourth-order valence-corrected chi connectivity index (χ4v) is 4.52. The van der Waals surface area contributed by atoms with Gasteiger partial charge in [0.05, 0.1) is 11.2 Å². The quantitative estimate of drug-likeness (QED) is 0.352. The van der Waals surface area contributed by atoms with Crippen LogP contribution in [0.2, 0.25) is 0 Å². The summed E-state index contributed by atoms with van der Waals surface area (Å²) in [5, 5.41) is 3.98. The maximum atomic E-state index is 5.12. The molecule has 0 spiro atoms. The van der Waals surface area contributed by atoms with Crippen LogP contribution in [0.15, 0.2) is 30.3 Å². The summed E-state index contributed by atoms with van der Waals surface area (Å²) in [6.07, 6.45) is 0.982. The van der Waals surface area contributed by atoms with Gasteiger partial charge in [-0.25, -0.2) is 4.98 Å². The van der Waals surface area contributed by atoms with Crippen molar-refractivity contribution in [2.45, 2.75) is 67.2 Å². The van der Waals surface area contributed by atoms with E-state index in [0.29, 0.717) is 5.92 Å². The number of hydrogen-bond donors (Lipinski definition) is 0. The lowest BCUT2D eigenvalue weighted by Crippen LogP contribution is -2.25. The van der Waals surface area contributed by atoms with E-state index in [4.69, 9.17) is 4.98 Å². The molecule has 2 nitrogen and oxygen atoms in total. The lowest BCUT2D eigenvalue weighted by molar-refractivity contribution is 0.375. The number of benzene rings is 2. The third kappa shape index (κ3) is 2.57. The highest BCUT2D eigenvalue weighted by atomic mass is 15.0. The van der Waals surface area contributed by atoms with Crippen molar-refractivity contribution in [1.82, 2.24) is 9.38 Å². The number of pyridine rings is 1. The SMILES string of the molecule is CCc1c(C)nc2c3c(C(C)(C)C(C)C)cc(C)cc3c3ccc(C)cc3n12. The Balaban J connectivity index is 2.37. The Morgan fingerprint density at radius 1 is 0.964 bits per heavy atom. The van der Waals surface area contributed by atoms with E-state index in [0.717, 1.165) is 17.8 Å². The zero-order chi connectivity index (χ0) is 20.4. The van der Waals surface area contributed by atoms with Crippen LogP contribution < -0.4 is 0 Å². The zero-order valence-corrected chi connectivity index (χ0v) is 18.6. The second-order valence-electron chi connectivity index (χ2n) is 9.29. The molecule has 2 heteroatoms. The van der Waals surface area contributed by atoms with E-state index in [1.54, 1.807) is 0 Å². The Hall–Kier alpha value is -2.35. The highest BCUT2D eigenvalue weighted by Crippen LogP contribution is 2.41. The van der Waals surface area contributed by atoms with Crippen LogP contribution in [0.1, 0.15) is 62.7 Å². The monoisotopic (exact) mass is 372 g/mol. The van der Waals surface area contributed by atoms with Crippen molar-refractivity contribution >= 4 is 27.3 Å². The summed E-state index contributed by atoms with van der Waals surface area (Å²) in [4.78, 5) is 5.12. The van der Waals surface area contributed by atoms with E-state index in [1.165, 1.54) is 44.1 Å². The molecular weight excluding hydrogens is 340 g/mol. The van der Waals surface area contributed by atoms with Gasteiger partial charge >= 0.3 is 0 Å². The molecule has 0 aliphatic rings. The third-order valence-corrected chi connectivity index (χ3v) is 6.84. The van der Waals surface area contributed by atoms with Crippen LogP contribution in [0, 0.1) is 26.7 Å². The molecule has 2 aromatic heterocycles. The van der Waals surface area contributed by atoms with Crippen LogP contribution in [0.3, 0.4) is 0 Å². The number of aromatic nitrogens is 2. The first-order chi connectivity index (χ1) is 13.2. The number of fused-ring (bicyclic) bond motifs is 6. The molecule has 4 rings (SSSR count). The molecule has 0 saturated carbocycles. The van der Waals surface area contributed by atoms with Gasteiger partial charge in [0.1, 0.15) is 5.65 Å². The van der Waals surface area contributed by atoms with Crippen LogP contribution in [0.4, 0.5) is 0 Å². The lowest BCUT2D eigenvalue weighted by atomic mass is 9.73. The normalized spacial score (nSPS) is 12.8. The van der Waals surface area contributed by atoms with Crippen molar-refractivity contribution in [3.63, 3.8) is 0 Å². The standard InChI is InChI=1S/C26H32N2/c1-9-22-18(6)27-25-24-20(19-11-10-16(4)14-23(19)28(22)25)12-17(5)13-21(24)26(7,8)15(2)3/h10-15H,9H2,1-8H3. The summed E-state index contributed by atoms with van der Waals surface area (Å²) >= 11 is 0. The first-order valence-electron chi connectivity index (χ1n) is 10.5. The second kappa shape index (κ2) is 6.34. The summed E-state index contributed by atoms with van der Waals surface area (Å²) < 4.78 is 2.43. The van der Waals surface area contributed by atoms with Crippen molar-refractivity contribution < 1.29 is 0 Å². The number of hydrogen-bond acceptors (Lipinski definition) is 1. The van der Waals surface area contributed by atoms with Crippen molar-refractivity contribution in [2.24, 2.45) is 5.92 Å². The molecule has 0 bridgehead atoms. The maximum Gasteiger partial charge on any atom is 0.145 e. The molecule has 2 heterocycles. The predicted octanol–water partition coefficient (Wildman–Crippen LogP) is 7.06. The lowest BCUT2D eigenvalue weighted by Gasteiger charge is -2.32. The summed E-state index contributed by atoms with van der Waals surface area (Å²) in [5.41, 5.74) is 8.95. The van der Waals surface area contributed by atoms with Crippen LogP contribution in [0.25, 0.3) is 27.3 Å². The summed E-state index contributed by atoms with van der Waals surface area (Å²) in [6.45, 7) is 18.2. The number of nitrogens with zero attached hydrogens (tertiary/aromatic N) is 2. The fraction of sp³-hybridized carbons (Fsp3) is 0.423. The maximum absolute atomic E-state index is 5.12. The van der Waals surface area contributed by atoms with Gasteiger partial charge in [-0.3, -0.25) is 4.40 Å². The molecule has 0 atom stereocenters. The van der Waals surface area contributed by atoms with Crippen LogP contribution in [-0.2, 0) is 11.8 Å². The molecule has 4 aromatic rings. The predicted molar refractivity (Wildman–Crippen MR) is 122 cm³/mol. The molecule has 0 aliphatic carbocycles. The molecule has 2 aromatic carbocycles. The van der Waals surface area contributed by atoms with E-state index in [-0.39, 0.29) is 5.41 Å². The largest absolute Gasteiger partial charge is 0.296 e. The van der Waals surface area contributed by atoms with Crippen molar-refractivity contribution in [3.05, 3.63) is 58.4 Å². The highest BCUT2D eigenvalue weighted by molar-refractivity contribution is 6.13. The Morgan fingerprint density at radius 3 is 2.32 bits per heavy atom. The Kier molecular flexibility index (Phi) is 4.30.